The molecule has 1 aliphatic carbocycles. The van der Waals surface area contributed by atoms with Crippen molar-refractivity contribution >= 4 is 38.2 Å². The van der Waals surface area contributed by atoms with Gasteiger partial charge in [-0.25, -0.2) is 13.2 Å². The first kappa shape index (κ1) is 23.9. The molecule has 33 heavy (non-hydrogen) atoms. The SMILES string of the molecule is COC(=O)c1c(NC(=O)C[NH+]2CCN(S(=O)(=O)c3ccccc3)CC2)sc2c1CC[C@H](C)C2. The predicted molar refractivity (Wildman–Crippen MR) is 126 cm³/mol. The van der Waals surface area contributed by atoms with Gasteiger partial charge in [0.25, 0.3) is 5.91 Å². The number of carbonyl (C=O) groups is 2. The minimum Gasteiger partial charge on any atom is -0.465 e. The van der Waals surface area contributed by atoms with Crippen LogP contribution in [-0.4, -0.2) is 64.4 Å². The van der Waals surface area contributed by atoms with Gasteiger partial charge < -0.3 is 15.0 Å². The summed E-state index contributed by atoms with van der Waals surface area (Å²) in [5.41, 5.74) is 1.50. The summed E-state index contributed by atoms with van der Waals surface area (Å²) in [5.74, 6) is -0.0382. The predicted octanol–water partition coefficient (Wildman–Crippen LogP) is 1.19. The number of amides is 1. The molecule has 0 radical (unpaired) electrons. The molecular weight excluding hydrogens is 462 g/mol. The van der Waals surface area contributed by atoms with E-state index >= 15 is 0 Å². The number of quaternary nitrogens is 1. The van der Waals surface area contributed by atoms with Crippen LogP contribution in [0, 0.1) is 5.92 Å². The number of nitrogens with zero attached hydrogens (tertiary/aromatic N) is 1. The smallest absolute Gasteiger partial charge is 0.341 e. The lowest BCUT2D eigenvalue weighted by atomic mass is 9.88. The van der Waals surface area contributed by atoms with E-state index in [9.17, 15) is 18.0 Å². The number of hydrogen-bond donors (Lipinski definition) is 2. The van der Waals surface area contributed by atoms with Crippen LogP contribution in [0.4, 0.5) is 5.00 Å². The van der Waals surface area contributed by atoms with Gasteiger partial charge in [0.05, 0.1) is 43.7 Å². The Kier molecular flexibility index (Phi) is 7.18. The molecule has 1 aromatic carbocycles. The van der Waals surface area contributed by atoms with Gasteiger partial charge in [-0.2, -0.15) is 4.31 Å². The van der Waals surface area contributed by atoms with Crippen LogP contribution >= 0.6 is 11.3 Å². The summed E-state index contributed by atoms with van der Waals surface area (Å²) in [6.07, 6.45) is 2.74. The highest BCUT2D eigenvalue weighted by molar-refractivity contribution is 7.89. The van der Waals surface area contributed by atoms with Crippen molar-refractivity contribution in [1.29, 1.82) is 0 Å². The summed E-state index contributed by atoms with van der Waals surface area (Å²) < 4.78 is 32.1. The highest BCUT2D eigenvalue weighted by Crippen LogP contribution is 2.39. The van der Waals surface area contributed by atoms with Gasteiger partial charge in [0.15, 0.2) is 6.54 Å². The Morgan fingerprint density at radius 1 is 1.21 bits per heavy atom. The molecule has 2 aliphatic rings. The molecule has 1 fully saturated rings. The summed E-state index contributed by atoms with van der Waals surface area (Å²) in [4.78, 5) is 27.7. The van der Waals surface area contributed by atoms with Gasteiger partial charge in [-0.3, -0.25) is 4.79 Å². The van der Waals surface area contributed by atoms with Crippen molar-refractivity contribution in [3.05, 3.63) is 46.3 Å². The molecule has 4 rings (SSSR count). The maximum atomic E-state index is 12.8. The third kappa shape index (κ3) is 5.13. The molecule has 1 aliphatic heterocycles. The molecule has 1 atom stereocenters. The third-order valence-corrected chi connectivity index (χ3v) is 9.46. The van der Waals surface area contributed by atoms with Crippen LogP contribution in [0.25, 0.3) is 0 Å². The molecule has 8 nitrogen and oxygen atoms in total. The van der Waals surface area contributed by atoms with Gasteiger partial charge in [-0.1, -0.05) is 25.1 Å². The van der Waals surface area contributed by atoms with Crippen molar-refractivity contribution in [2.45, 2.75) is 31.1 Å². The van der Waals surface area contributed by atoms with Crippen LogP contribution in [0.5, 0.6) is 0 Å². The van der Waals surface area contributed by atoms with Crippen LogP contribution in [0.15, 0.2) is 35.2 Å². The summed E-state index contributed by atoms with van der Waals surface area (Å²) in [6.45, 7) is 4.22. The lowest BCUT2D eigenvalue weighted by Crippen LogP contribution is -3.15. The van der Waals surface area contributed by atoms with E-state index in [1.54, 1.807) is 30.3 Å². The number of anilines is 1. The highest BCUT2D eigenvalue weighted by Gasteiger charge is 2.32. The van der Waals surface area contributed by atoms with Crippen LogP contribution in [0.1, 0.15) is 34.1 Å². The number of piperazine rings is 1. The van der Waals surface area contributed by atoms with Gasteiger partial charge in [0.2, 0.25) is 10.0 Å². The number of hydrogen-bond acceptors (Lipinski definition) is 6. The molecule has 1 saturated heterocycles. The molecule has 2 aromatic rings. The highest BCUT2D eigenvalue weighted by atomic mass is 32.2. The molecule has 0 bridgehead atoms. The van der Waals surface area contributed by atoms with Gasteiger partial charge in [0.1, 0.15) is 5.00 Å². The Bertz CT molecular complexity index is 1120. The second-order valence-electron chi connectivity index (χ2n) is 8.74. The molecule has 2 heterocycles. The van der Waals surface area contributed by atoms with E-state index in [0.29, 0.717) is 42.7 Å². The van der Waals surface area contributed by atoms with E-state index in [1.807, 2.05) is 0 Å². The number of benzene rings is 1. The molecule has 0 unspecified atom stereocenters. The summed E-state index contributed by atoms with van der Waals surface area (Å²) >= 11 is 1.47. The standard InChI is InChI=1S/C23H29N3O5S2/c1-16-8-9-18-19(14-16)32-22(21(18)23(28)31-2)24-20(27)15-25-10-12-26(13-11-25)33(29,30)17-6-4-3-5-7-17/h3-7,16H,8-15H2,1-2H3,(H,24,27)/p+1/t16-/m0/s1. The number of methoxy groups -OCH3 is 1. The van der Waals surface area contributed by atoms with Crippen molar-refractivity contribution in [1.82, 2.24) is 4.31 Å². The molecule has 0 spiro atoms. The molecule has 10 heteroatoms. The fraction of sp³-hybridized carbons (Fsp3) is 0.478. The number of rotatable bonds is 6. The van der Waals surface area contributed by atoms with Crippen molar-refractivity contribution < 1.29 is 27.6 Å². The lowest BCUT2D eigenvalue weighted by molar-refractivity contribution is -0.895. The molecule has 0 saturated carbocycles. The Balaban J connectivity index is 1.38. The molecule has 1 amide bonds. The Labute approximate surface area is 198 Å². The van der Waals surface area contributed by atoms with Gasteiger partial charge in [-0.05, 0) is 42.9 Å². The van der Waals surface area contributed by atoms with E-state index in [1.165, 1.54) is 22.8 Å². The van der Waals surface area contributed by atoms with Crippen LogP contribution in [-0.2, 0) is 32.4 Å². The third-order valence-electron chi connectivity index (χ3n) is 6.38. The van der Waals surface area contributed by atoms with E-state index in [2.05, 4.69) is 12.2 Å². The number of sulfonamides is 1. The second-order valence-corrected chi connectivity index (χ2v) is 11.8. The zero-order valence-electron chi connectivity index (χ0n) is 18.9. The number of ether oxygens (including phenoxy) is 1. The van der Waals surface area contributed by atoms with Gasteiger partial charge in [0, 0.05) is 4.88 Å². The van der Waals surface area contributed by atoms with Crippen molar-refractivity contribution in [3.8, 4) is 0 Å². The first-order valence-electron chi connectivity index (χ1n) is 11.2. The van der Waals surface area contributed by atoms with Crippen molar-refractivity contribution in [2.75, 3.05) is 45.2 Å². The maximum Gasteiger partial charge on any atom is 0.341 e. The minimum atomic E-state index is -3.52. The summed E-state index contributed by atoms with van der Waals surface area (Å²) in [6, 6.07) is 8.41. The normalized spacial score (nSPS) is 19.6. The molecule has 178 valence electrons. The van der Waals surface area contributed by atoms with Gasteiger partial charge >= 0.3 is 5.97 Å². The average molecular weight is 493 g/mol. The van der Waals surface area contributed by atoms with Crippen LogP contribution in [0.2, 0.25) is 0 Å². The number of thiophene rings is 1. The average Bonchev–Trinajstić information content (AvgIpc) is 3.16. The number of carbonyl (C=O) groups excluding carboxylic acids is 2. The molecular formula is C23H30N3O5S2+. The number of fused-ring (bicyclic) bond motifs is 1. The van der Waals surface area contributed by atoms with E-state index in [4.69, 9.17) is 4.74 Å². The second kappa shape index (κ2) is 9.92. The fourth-order valence-corrected chi connectivity index (χ4v) is 7.39. The molecule has 2 N–H and O–H groups in total. The Hall–Kier alpha value is -2.27. The zero-order valence-corrected chi connectivity index (χ0v) is 20.6. The largest absolute Gasteiger partial charge is 0.465 e. The number of nitrogens with one attached hydrogen (secondary N) is 2. The maximum absolute atomic E-state index is 12.8. The van der Waals surface area contributed by atoms with Crippen molar-refractivity contribution in [3.63, 3.8) is 0 Å². The summed E-state index contributed by atoms with van der Waals surface area (Å²) in [5, 5.41) is 3.50. The Morgan fingerprint density at radius 2 is 1.91 bits per heavy atom. The van der Waals surface area contributed by atoms with Crippen LogP contribution in [0.3, 0.4) is 0 Å². The monoisotopic (exact) mass is 492 g/mol. The first-order chi connectivity index (χ1) is 15.8. The zero-order chi connectivity index (χ0) is 23.6. The molecule has 1 aromatic heterocycles. The van der Waals surface area contributed by atoms with Gasteiger partial charge in [-0.15, -0.1) is 11.3 Å². The fourth-order valence-electron chi connectivity index (χ4n) is 4.52. The summed E-state index contributed by atoms with van der Waals surface area (Å²) in [7, 11) is -2.16. The van der Waals surface area contributed by atoms with E-state index in [-0.39, 0.29) is 17.3 Å². The topological polar surface area (TPSA) is 97.2 Å². The number of esters is 1. The minimum absolute atomic E-state index is 0.179. The lowest BCUT2D eigenvalue weighted by Gasteiger charge is -2.31. The Morgan fingerprint density at radius 3 is 2.58 bits per heavy atom. The van der Waals surface area contributed by atoms with E-state index < -0.39 is 16.0 Å². The quantitative estimate of drug-likeness (QED) is 0.591. The van der Waals surface area contributed by atoms with E-state index in [0.717, 1.165) is 34.6 Å². The van der Waals surface area contributed by atoms with Crippen molar-refractivity contribution in [2.24, 2.45) is 5.92 Å². The van der Waals surface area contributed by atoms with Crippen LogP contribution < -0.4 is 10.2 Å². The first-order valence-corrected chi connectivity index (χ1v) is 13.5.